The predicted molar refractivity (Wildman–Crippen MR) is 48.0 cm³/mol. The summed E-state index contributed by atoms with van der Waals surface area (Å²) in [7, 11) is 0. The molecular formula is C9H14O3. The Morgan fingerprint density at radius 3 is 1.75 bits per heavy atom. The van der Waals surface area contributed by atoms with Gasteiger partial charge < -0.3 is 15.0 Å². The minimum absolute atomic E-state index is 0.250. The van der Waals surface area contributed by atoms with Crippen molar-refractivity contribution in [3.8, 4) is 5.75 Å². The van der Waals surface area contributed by atoms with Gasteiger partial charge in [0, 0.05) is 6.61 Å². The molecule has 1 rings (SSSR count). The largest absolute Gasteiger partial charge is 0.508 e. The molecule has 0 heterocycles. The van der Waals surface area contributed by atoms with Gasteiger partial charge in [-0.05, 0) is 19.1 Å². The van der Waals surface area contributed by atoms with E-state index in [0.29, 0.717) is 5.75 Å². The van der Waals surface area contributed by atoms with Crippen LogP contribution in [0.1, 0.15) is 6.92 Å². The Hall–Kier alpha value is -1.35. The Morgan fingerprint density at radius 1 is 1.25 bits per heavy atom. The second kappa shape index (κ2) is 12.3. The Bertz CT molecular complexity index is 163. The van der Waals surface area contributed by atoms with Gasteiger partial charge in [0.25, 0.3) is 0 Å². The first-order valence-electron chi connectivity index (χ1n) is 3.45. The molecule has 68 valence electrons. The van der Waals surface area contributed by atoms with Crippen molar-refractivity contribution in [1.82, 2.24) is 0 Å². The van der Waals surface area contributed by atoms with Crippen LogP contribution in [0.4, 0.5) is 0 Å². The highest BCUT2D eigenvalue weighted by molar-refractivity contribution is 5.18. The number of para-hydroxylation sites is 1. The zero-order valence-corrected chi connectivity index (χ0v) is 7.10. The van der Waals surface area contributed by atoms with Gasteiger partial charge in [-0.1, -0.05) is 18.2 Å². The van der Waals surface area contributed by atoms with E-state index in [0.717, 1.165) is 0 Å². The number of phenolic OH excluding ortho intramolecular Hbond substituents is 1. The van der Waals surface area contributed by atoms with E-state index in [1.165, 1.54) is 0 Å². The van der Waals surface area contributed by atoms with E-state index < -0.39 is 0 Å². The van der Waals surface area contributed by atoms with Crippen LogP contribution < -0.4 is 0 Å². The maximum atomic E-state index is 8.63. The third-order valence-corrected chi connectivity index (χ3v) is 0.756. The third kappa shape index (κ3) is 11.4. The van der Waals surface area contributed by atoms with Crippen molar-refractivity contribution in [3.63, 3.8) is 0 Å². The van der Waals surface area contributed by atoms with Crippen LogP contribution in [0.25, 0.3) is 0 Å². The summed E-state index contributed by atoms with van der Waals surface area (Å²) >= 11 is 0. The standard InChI is InChI=1S/C6H6O.C2H6O.CH2O/c7-6-4-2-1-3-5-6;1-2-3;1-2/h1-5,7H;3H,2H2,1H3;1H2. The normalized spacial score (nSPS) is 6.83. The predicted octanol–water partition coefficient (Wildman–Crippen LogP) is 1.21. The molecule has 0 aromatic heterocycles. The van der Waals surface area contributed by atoms with Crippen LogP contribution in [0.2, 0.25) is 0 Å². The number of phenols is 1. The topological polar surface area (TPSA) is 57.5 Å². The molecule has 0 saturated carbocycles. The number of benzene rings is 1. The lowest BCUT2D eigenvalue weighted by molar-refractivity contribution is -0.0979. The summed E-state index contributed by atoms with van der Waals surface area (Å²) in [5.41, 5.74) is 0. The van der Waals surface area contributed by atoms with E-state index in [2.05, 4.69) is 0 Å². The molecule has 0 amide bonds. The van der Waals surface area contributed by atoms with Gasteiger partial charge in [-0.15, -0.1) is 0 Å². The number of carbonyl (C=O) groups is 1. The van der Waals surface area contributed by atoms with Gasteiger partial charge in [-0.25, -0.2) is 0 Å². The average Bonchev–Trinajstić information content (AvgIpc) is 2.11. The van der Waals surface area contributed by atoms with E-state index in [1.54, 1.807) is 31.2 Å². The summed E-state index contributed by atoms with van der Waals surface area (Å²) in [5, 5.41) is 16.2. The van der Waals surface area contributed by atoms with E-state index in [-0.39, 0.29) is 6.61 Å². The van der Waals surface area contributed by atoms with Crippen LogP contribution >= 0.6 is 0 Å². The molecule has 2 N–H and O–H groups in total. The van der Waals surface area contributed by atoms with Crippen molar-refractivity contribution < 1.29 is 15.0 Å². The lowest BCUT2D eigenvalue weighted by atomic mass is 10.3. The van der Waals surface area contributed by atoms with E-state index in [9.17, 15) is 0 Å². The Balaban J connectivity index is 0. The number of aliphatic hydroxyl groups is 1. The minimum Gasteiger partial charge on any atom is -0.508 e. The Kier molecular flexibility index (Phi) is 13.6. The number of hydrogen-bond donors (Lipinski definition) is 2. The molecule has 0 atom stereocenters. The van der Waals surface area contributed by atoms with E-state index in [4.69, 9.17) is 15.0 Å². The quantitative estimate of drug-likeness (QED) is 0.615. The zero-order valence-electron chi connectivity index (χ0n) is 7.10. The summed E-state index contributed by atoms with van der Waals surface area (Å²) < 4.78 is 0. The molecule has 0 bridgehead atoms. The molecule has 0 unspecified atom stereocenters. The molecule has 0 aliphatic rings. The van der Waals surface area contributed by atoms with Crippen molar-refractivity contribution >= 4 is 6.79 Å². The van der Waals surface area contributed by atoms with Crippen LogP contribution in [0.5, 0.6) is 5.75 Å². The molecule has 0 spiro atoms. The molecule has 3 heteroatoms. The summed E-state index contributed by atoms with van der Waals surface area (Å²) in [6.07, 6.45) is 0. The van der Waals surface area contributed by atoms with Crippen LogP contribution in [-0.4, -0.2) is 23.6 Å². The first-order chi connectivity index (χ1) is 5.81. The molecule has 12 heavy (non-hydrogen) atoms. The molecule has 0 saturated heterocycles. The number of rotatable bonds is 0. The fourth-order valence-electron chi connectivity index (χ4n) is 0.428. The first-order valence-corrected chi connectivity index (χ1v) is 3.45. The number of carbonyl (C=O) groups excluding carboxylic acids is 1. The van der Waals surface area contributed by atoms with Gasteiger partial charge in [0.1, 0.15) is 12.5 Å². The van der Waals surface area contributed by atoms with Crippen molar-refractivity contribution in [2.45, 2.75) is 6.92 Å². The van der Waals surface area contributed by atoms with E-state index >= 15 is 0 Å². The van der Waals surface area contributed by atoms with Crippen LogP contribution in [-0.2, 0) is 4.79 Å². The number of aromatic hydroxyl groups is 1. The van der Waals surface area contributed by atoms with Gasteiger partial charge in [0.2, 0.25) is 0 Å². The molecule has 0 aliphatic carbocycles. The SMILES string of the molecule is C=O.CCO.Oc1ccccc1. The smallest absolute Gasteiger partial charge is 0.115 e. The zero-order chi connectivity index (χ0) is 9.82. The fourth-order valence-corrected chi connectivity index (χ4v) is 0.428. The summed E-state index contributed by atoms with van der Waals surface area (Å²) in [6, 6.07) is 8.71. The van der Waals surface area contributed by atoms with Crippen LogP contribution in [0.3, 0.4) is 0 Å². The van der Waals surface area contributed by atoms with E-state index in [1.807, 2.05) is 12.9 Å². The first kappa shape index (κ1) is 13.3. The van der Waals surface area contributed by atoms with Crippen LogP contribution in [0.15, 0.2) is 30.3 Å². The third-order valence-electron chi connectivity index (χ3n) is 0.756. The van der Waals surface area contributed by atoms with Gasteiger partial charge in [-0.2, -0.15) is 0 Å². The number of aliphatic hydroxyl groups excluding tert-OH is 1. The highest BCUT2D eigenvalue weighted by atomic mass is 16.3. The molecule has 0 aliphatic heterocycles. The summed E-state index contributed by atoms with van der Waals surface area (Å²) in [4.78, 5) is 8.00. The summed E-state index contributed by atoms with van der Waals surface area (Å²) in [6.45, 7) is 3.93. The minimum atomic E-state index is 0.250. The van der Waals surface area contributed by atoms with Gasteiger partial charge >= 0.3 is 0 Å². The van der Waals surface area contributed by atoms with Crippen molar-refractivity contribution in [2.75, 3.05) is 6.61 Å². The maximum absolute atomic E-state index is 8.63. The Labute approximate surface area is 72.3 Å². The molecule has 0 fully saturated rings. The molecule has 3 nitrogen and oxygen atoms in total. The molecule has 0 radical (unpaired) electrons. The maximum Gasteiger partial charge on any atom is 0.115 e. The van der Waals surface area contributed by atoms with Crippen molar-refractivity contribution in [2.24, 2.45) is 0 Å². The van der Waals surface area contributed by atoms with Gasteiger partial charge in [-0.3, -0.25) is 0 Å². The second-order valence-electron chi connectivity index (χ2n) is 1.65. The van der Waals surface area contributed by atoms with Crippen molar-refractivity contribution in [3.05, 3.63) is 30.3 Å². The Morgan fingerprint density at radius 2 is 1.58 bits per heavy atom. The lowest BCUT2D eigenvalue weighted by Crippen LogP contribution is -1.57. The highest BCUT2D eigenvalue weighted by Gasteiger charge is 1.74. The second-order valence-corrected chi connectivity index (χ2v) is 1.65. The van der Waals surface area contributed by atoms with Crippen molar-refractivity contribution in [1.29, 1.82) is 0 Å². The number of hydrogen-bond acceptors (Lipinski definition) is 3. The average molecular weight is 170 g/mol. The lowest BCUT2D eigenvalue weighted by Gasteiger charge is -1.82. The van der Waals surface area contributed by atoms with Gasteiger partial charge in [0.15, 0.2) is 0 Å². The molecular weight excluding hydrogens is 156 g/mol. The van der Waals surface area contributed by atoms with Crippen LogP contribution in [0, 0.1) is 0 Å². The highest BCUT2D eigenvalue weighted by Crippen LogP contribution is 2.02. The fraction of sp³-hybridized carbons (Fsp3) is 0.222. The van der Waals surface area contributed by atoms with Gasteiger partial charge in [0.05, 0.1) is 0 Å². The monoisotopic (exact) mass is 170 g/mol. The summed E-state index contributed by atoms with van der Waals surface area (Å²) in [5.74, 6) is 0.322. The molecule has 1 aromatic rings. The molecule has 1 aromatic carbocycles.